The predicted octanol–water partition coefficient (Wildman–Crippen LogP) is 0.498. The topological polar surface area (TPSA) is 109 Å². The van der Waals surface area contributed by atoms with Crippen molar-refractivity contribution in [3.63, 3.8) is 0 Å². The van der Waals surface area contributed by atoms with E-state index in [-0.39, 0.29) is 18.1 Å². The third kappa shape index (κ3) is 13.3. The van der Waals surface area contributed by atoms with Crippen LogP contribution in [0.25, 0.3) is 0 Å². The number of hydrogen-bond acceptors (Lipinski definition) is 5. The third-order valence-corrected chi connectivity index (χ3v) is 3.52. The van der Waals surface area contributed by atoms with Crippen molar-refractivity contribution in [2.45, 2.75) is 51.9 Å². The van der Waals surface area contributed by atoms with Gasteiger partial charge in [-0.15, -0.1) is 0 Å². The van der Waals surface area contributed by atoms with Crippen LogP contribution >= 0.6 is 0 Å². The summed E-state index contributed by atoms with van der Waals surface area (Å²) >= 11 is 0. The first-order valence-corrected chi connectivity index (χ1v) is 9.07. The van der Waals surface area contributed by atoms with Gasteiger partial charge in [0.15, 0.2) is 9.84 Å². The van der Waals surface area contributed by atoms with E-state index in [1.807, 2.05) is 6.92 Å². The lowest BCUT2D eigenvalue weighted by Gasteiger charge is -2.06. The van der Waals surface area contributed by atoms with E-state index in [4.69, 9.17) is 0 Å². The van der Waals surface area contributed by atoms with Crippen LogP contribution in [0, 0.1) is 0 Å². The van der Waals surface area contributed by atoms with E-state index in [0.717, 1.165) is 25.5 Å². The fourth-order valence-corrected chi connectivity index (χ4v) is 2.16. The van der Waals surface area contributed by atoms with E-state index in [1.54, 1.807) is 0 Å². The van der Waals surface area contributed by atoms with Gasteiger partial charge < -0.3 is 0 Å². The maximum Gasteiger partial charge on any atom is 0.253 e. The predicted molar refractivity (Wildman–Crippen MR) is 79.0 cm³/mol. The number of sulfone groups is 1. The summed E-state index contributed by atoms with van der Waals surface area (Å²) in [5.41, 5.74) is 4.22. The van der Waals surface area contributed by atoms with Gasteiger partial charge >= 0.3 is 0 Å². The third-order valence-electron chi connectivity index (χ3n) is 2.74. The average molecular weight is 320 g/mol. The van der Waals surface area contributed by atoms with Crippen molar-refractivity contribution >= 4 is 27.4 Å². The lowest BCUT2D eigenvalue weighted by molar-refractivity contribution is -0.127. The summed E-state index contributed by atoms with van der Waals surface area (Å²) in [4.78, 5) is 33.6. The number of rotatable bonds is 10. The van der Waals surface area contributed by atoms with Gasteiger partial charge in [0.2, 0.25) is 5.91 Å². The van der Waals surface area contributed by atoms with E-state index >= 15 is 0 Å². The molecule has 0 aromatic heterocycles. The molecule has 8 heteroatoms. The lowest BCUT2D eigenvalue weighted by atomic mass is 10.1. The highest BCUT2D eigenvalue weighted by Crippen LogP contribution is 2.06. The number of unbranched alkanes of at least 4 members (excludes halogenated alkanes) is 3. The van der Waals surface area contributed by atoms with Crippen molar-refractivity contribution in [2.24, 2.45) is 0 Å². The average Bonchev–Trinajstić information content (AvgIpc) is 2.38. The van der Waals surface area contributed by atoms with Crippen molar-refractivity contribution in [3.8, 4) is 0 Å². The van der Waals surface area contributed by atoms with Crippen molar-refractivity contribution in [3.05, 3.63) is 0 Å². The van der Waals surface area contributed by atoms with Gasteiger partial charge in [0, 0.05) is 25.5 Å². The second-order valence-corrected chi connectivity index (χ2v) is 7.11. The number of nitrogens with one attached hydrogen (secondary N) is 2. The summed E-state index contributed by atoms with van der Waals surface area (Å²) in [6, 6.07) is 0. The number of ketones is 1. The fraction of sp³-hybridized carbons (Fsp3) is 0.769. The van der Waals surface area contributed by atoms with Crippen LogP contribution in [0.3, 0.4) is 0 Å². The smallest absolute Gasteiger partial charge is 0.253 e. The van der Waals surface area contributed by atoms with Gasteiger partial charge in [-0.1, -0.05) is 19.8 Å². The molecule has 2 N–H and O–H groups in total. The Morgan fingerprint density at radius 2 is 1.38 bits per heavy atom. The van der Waals surface area contributed by atoms with Crippen LogP contribution in [-0.4, -0.2) is 38.0 Å². The minimum absolute atomic E-state index is 0.251. The lowest BCUT2D eigenvalue weighted by Crippen LogP contribution is -2.44. The Labute approximate surface area is 125 Å². The zero-order valence-corrected chi connectivity index (χ0v) is 13.4. The molecule has 0 unspecified atom stereocenters. The Bertz CT molecular complexity index is 459. The highest BCUT2D eigenvalue weighted by molar-refractivity contribution is 7.91. The largest absolute Gasteiger partial charge is 0.300 e. The Morgan fingerprint density at radius 3 is 1.90 bits per heavy atom. The first kappa shape index (κ1) is 19.6. The summed E-state index contributed by atoms with van der Waals surface area (Å²) in [5.74, 6) is -1.52. The Hall–Kier alpha value is -1.44. The molecule has 0 rings (SSSR count). The molecule has 7 nitrogen and oxygen atoms in total. The minimum atomic E-state index is -3.40. The SMILES string of the molecule is CCC(=O)CCCCCCC(=O)NNC(=O)CS(C)(=O)=O. The molecule has 0 spiro atoms. The molecule has 0 aliphatic heterocycles. The van der Waals surface area contributed by atoms with E-state index < -0.39 is 21.5 Å². The van der Waals surface area contributed by atoms with Gasteiger partial charge in [-0.3, -0.25) is 25.2 Å². The van der Waals surface area contributed by atoms with Crippen LogP contribution in [0.1, 0.15) is 51.9 Å². The first-order valence-electron chi connectivity index (χ1n) is 7.01. The molecule has 0 radical (unpaired) electrons. The molecule has 0 fully saturated rings. The molecule has 0 aliphatic carbocycles. The van der Waals surface area contributed by atoms with E-state index in [9.17, 15) is 22.8 Å². The normalized spacial score (nSPS) is 11.0. The van der Waals surface area contributed by atoms with Gasteiger partial charge in [0.05, 0.1) is 0 Å². The van der Waals surface area contributed by atoms with Crippen LogP contribution in [-0.2, 0) is 24.2 Å². The van der Waals surface area contributed by atoms with E-state index in [0.29, 0.717) is 19.3 Å². The Kier molecular flexibility index (Phi) is 9.60. The Balaban J connectivity index is 3.59. The van der Waals surface area contributed by atoms with Crippen molar-refractivity contribution in [1.82, 2.24) is 10.9 Å². The summed E-state index contributed by atoms with van der Waals surface area (Å²) in [5, 5.41) is 0. The number of hydrazine groups is 1. The molecule has 0 aromatic carbocycles. The first-order chi connectivity index (χ1) is 9.74. The van der Waals surface area contributed by atoms with Gasteiger partial charge in [-0.25, -0.2) is 8.42 Å². The molecule has 0 saturated heterocycles. The monoisotopic (exact) mass is 320 g/mol. The number of hydrogen-bond donors (Lipinski definition) is 2. The number of amides is 2. The highest BCUT2D eigenvalue weighted by Gasteiger charge is 2.11. The molecule has 122 valence electrons. The molecular weight excluding hydrogens is 296 g/mol. The van der Waals surface area contributed by atoms with Gasteiger partial charge in [-0.05, 0) is 12.8 Å². The van der Waals surface area contributed by atoms with Crippen LogP contribution in [0.5, 0.6) is 0 Å². The van der Waals surface area contributed by atoms with Gasteiger partial charge in [-0.2, -0.15) is 0 Å². The second-order valence-electron chi connectivity index (χ2n) is 4.97. The summed E-state index contributed by atoms with van der Waals surface area (Å²) in [6.07, 6.45) is 5.56. The highest BCUT2D eigenvalue weighted by atomic mass is 32.2. The van der Waals surface area contributed by atoms with E-state index in [1.165, 1.54) is 0 Å². The zero-order valence-electron chi connectivity index (χ0n) is 12.6. The molecule has 0 heterocycles. The summed E-state index contributed by atoms with van der Waals surface area (Å²) in [7, 11) is -3.40. The number of carbonyl (C=O) groups excluding carboxylic acids is 3. The molecule has 0 saturated carbocycles. The molecule has 0 bridgehead atoms. The molecule has 21 heavy (non-hydrogen) atoms. The Morgan fingerprint density at radius 1 is 0.857 bits per heavy atom. The number of Topliss-reactive ketones (excluding diaryl/α,β-unsaturated/α-hetero) is 1. The molecule has 0 aliphatic rings. The molecular formula is C13H24N2O5S. The van der Waals surface area contributed by atoms with Crippen molar-refractivity contribution < 1.29 is 22.8 Å². The minimum Gasteiger partial charge on any atom is -0.300 e. The second kappa shape index (κ2) is 10.3. The summed E-state index contributed by atoms with van der Waals surface area (Å²) in [6.45, 7) is 1.84. The standard InChI is InChI=1S/C13H24N2O5S/c1-3-11(16)8-6-4-5-7-9-12(17)14-15-13(18)10-21(2,19)20/h3-10H2,1-2H3,(H,14,17)(H,15,18). The van der Waals surface area contributed by atoms with Crippen LogP contribution < -0.4 is 10.9 Å². The quantitative estimate of drug-likeness (QED) is 0.450. The fourth-order valence-electron chi connectivity index (χ4n) is 1.61. The zero-order chi connectivity index (χ0) is 16.3. The van der Waals surface area contributed by atoms with Crippen molar-refractivity contribution in [2.75, 3.05) is 12.0 Å². The molecule has 2 amide bonds. The molecule has 0 atom stereocenters. The maximum absolute atomic E-state index is 11.4. The number of carbonyl (C=O) groups is 3. The molecule has 0 aromatic rings. The van der Waals surface area contributed by atoms with Gasteiger partial charge in [0.25, 0.3) is 5.91 Å². The van der Waals surface area contributed by atoms with E-state index in [2.05, 4.69) is 10.9 Å². The van der Waals surface area contributed by atoms with Crippen LogP contribution in [0.15, 0.2) is 0 Å². The van der Waals surface area contributed by atoms with Crippen LogP contribution in [0.2, 0.25) is 0 Å². The summed E-state index contributed by atoms with van der Waals surface area (Å²) < 4.78 is 21.7. The van der Waals surface area contributed by atoms with Gasteiger partial charge in [0.1, 0.15) is 11.5 Å². The van der Waals surface area contributed by atoms with Crippen LogP contribution in [0.4, 0.5) is 0 Å². The van der Waals surface area contributed by atoms with Crippen molar-refractivity contribution in [1.29, 1.82) is 0 Å². The maximum atomic E-state index is 11.4.